The molecule has 0 saturated heterocycles. The number of aliphatic hydroxyl groups excluding tert-OH is 1. The molecule has 1 aliphatic carbocycles. The second kappa shape index (κ2) is 7.86. The van der Waals surface area contributed by atoms with Crippen molar-refractivity contribution < 1.29 is 63.9 Å². The molecular weight excluding hydrogens is 435 g/mol. The normalized spacial score (nSPS) is 30.5. The van der Waals surface area contributed by atoms with E-state index >= 15 is 0 Å². The number of carboxylic acid groups (broad SMARTS) is 1. The van der Waals surface area contributed by atoms with E-state index in [1.54, 1.807) is 0 Å². The van der Waals surface area contributed by atoms with Crippen LogP contribution in [0.5, 0.6) is 0 Å². The molecule has 5 heteroatoms. The summed E-state index contributed by atoms with van der Waals surface area (Å²) in [7, 11) is 0. The first-order chi connectivity index (χ1) is 7.43. The molecule has 1 radical (unpaired) electrons. The van der Waals surface area contributed by atoms with Gasteiger partial charge in [-0.05, 0) is 31.1 Å². The summed E-state index contributed by atoms with van der Waals surface area (Å²) in [4.78, 5) is 22.3. The van der Waals surface area contributed by atoms with Crippen LogP contribution in [0.4, 0.5) is 0 Å². The van der Waals surface area contributed by atoms with Gasteiger partial charge < -0.3 is 10.2 Å². The SMILES string of the molecule is CC1CCC(C(C)CCC(=O)O)C(=O)C1O.[Ac]. The van der Waals surface area contributed by atoms with Crippen molar-refractivity contribution in [2.75, 3.05) is 0 Å². The van der Waals surface area contributed by atoms with Gasteiger partial charge in [-0.15, -0.1) is 0 Å². The third-order valence-corrected chi connectivity index (χ3v) is 3.63. The van der Waals surface area contributed by atoms with Crippen LogP contribution >= 0.6 is 0 Å². The Morgan fingerprint density at radius 3 is 2.59 bits per heavy atom. The molecule has 0 heterocycles. The van der Waals surface area contributed by atoms with Gasteiger partial charge in [0.25, 0.3) is 0 Å². The number of rotatable bonds is 4. The van der Waals surface area contributed by atoms with Crippen molar-refractivity contribution in [2.24, 2.45) is 17.8 Å². The van der Waals surface area contributed by atoms with Gasteiger partial charge in [0.15, 0.2) is 5.78 Å². The van der Waals surface area contributed by atoms with Gasteiger partial charge in [0.05, 0.1) is 0 Å². The zero-order valence-corrected chi connectivity index (χ0v) is 15.2. The van der Waals surface area contributed by atoms with Crippen LogP contribution in [0.1, 0.15) is 39.5 Å². The van der Waals surface area contributed by atoms with E-state index in [1.165, 1.54) is 0 Å². The summed E-state index contributed by atoms with van der Waals surface area (Å²) < 4.78 is 0. The molecule has 1 saturated carbocycles. The van der Waals surface area contributed by atoms with Crippen LogP contribution < -0.4 is 0 Å². The number of aliphatic carboxylic acids is 1. The molecule has 17 heavy (non-hydrogen) atoms. The molecule has 4 nitrogen and oxygen atoms in total. The number of carbonyl (C=O) groups excluding carboxylic acids is 1. The molecule has 1 aliphatic rings. The molecule has 0 bridgehead atoms. The van der Waals surface area contributed by atoms with Crippen LogP contribution in [0, 0.1) is 61.8 Å². The predicted octanol–water partition coefficient (Wildman–Crippen LogP) is 1.46. The first kappa shape index (κ1) is 17.5. The maximum absolute atomic E-state index is 11.8. The smallest absolute Gasteiger partial charge is 0.303 e. The van der Waals surface area contributed by atoms with Gasteiger partial charge in [-0.2, -0.15) is 0 Å². The van der Waals surface area contributed by atoms with E-state index < -0.39 is 12.1 Å². The minimum absolute atomic E-state index is 0. The molecule has 4 atom stereocenters. The van der Waals surface area contributed by atoms with Crippen molar-refractivity contribution in [3.8, 4) is 0 Å². The van der Waals surface area contributed by atoms with E-state index in [1.807, 2.05) is 13.8 Å². The summed E-state index contributed by atoms with van der Waals surface area (Å²) in [5.74, 6) is -1.01. The van der Waals surface area contributed by atoms with Gasteiger partial charge in [-0.25, -0.2) is 0 Å². The molecular formula is C12H20AcO4. The Morgan fingerprint density at radius 1 is 1.47 bits per heavy atom. The maximum atomic E-state index is 11.8. The molecule has 1 rings (SSSR count). The molecule has 0 aliphatic heterocycles. The number of carbonyl (C=O) groups is 2. The Hall–Kier alpha value is 0.542. The number of Topliss-reactive ketones (excluding diaryl/α,β-unsaturated/α-hetero) is 1. The van der Waals surface area contributed by atoms with Gasteiger partial charge in [-0.3, -0.25) is 9.59 Å². The zero-order valence-electron chi connectivity index (χ0n) is 10.4. The number of carboxylic acids is 1. The van der Waals surface area contributed by atoms with Crippen LogP contribution in [0.25, 0.3) is 0 Å². The number of ketones is 1. The fourth-order valence-electron chi connectivity index (χ4n) is 2.36. The average Bonchev–Trinajstić information content (AvgIpc) is 2.23. The monoisotopic (exact) mass is 455 g/mol. The third-order valence-electron chi connectivity index (χ3n) is 3.63. The Balaban J connectivity index is 0.00000256. The first-order valence-electron chi connectivity index (χ1n) is 5.87. The Morgan fingerprint density at radius 2 is 2.06 bits per heavy atom. The van der Waals surface area contributed by atoms with Crippen LogP contribution in [0.15, 0.2) is 0 Å². The third kappa shape index (κ3) is 4.97. The second-order valence-electron chi connectivity index (χ2n) is 4.92. The number of hydrogen-bond donors (Lipinski definition) is 2. The van der Waals surface area contributed by atoms with E-state index in [0.717, 1.165) is 12.8 Å². The van der Waals surface area contributed by atoms with Crippen LogP contribution in [0.2, 0.25) is 0 Å². The zero-order chi connectivity index (χ0) is 12.3. The summed E-state index contributed by atoms with van der Waals surface area (Å²) in [6, 6.07) is 0. The van der Waals surface area contributed by atoms with Crippen LogP contribution in [-0.2, 0) is 9.59 Å². The van der Waals surface area contributed by atoms with Crippen molar-refractivity contribution in [3.63, 3.8) is 0 Å². The Kier molecular flexibility index (Phi) is 8.11. The first-order valence-corrected chi connectivity index (χ1v) is 5.87. The van der Waals surface area contributed by atoms with Gasteiger partial charge >= 0.3 is 5.97 Å². The van der Waals surface area contributed by atoms with E-state index in [9.17, 15) is 14.7 Å². The Bertz CT molecular complexity index is 280. The minimum atomic E-state index is -0.856. The fraction of sp³-hybridized carbons (Fsp3) is 0.833. The molecule has 4 unspecified atom stereocenters. The largest absolute Gasteiger partial charge is 0.481 e. The minimum Gasteiger partial charge on any atom is -0.481 e. The Labute approximate surface area is 138 Å². The average molecular weight is 455 g/mol. The fourth-order valence-corrected chi connectivity index (χ4v) is 2.36. The second-order valence-corrected chi connectivity index (χ2v) is 4.92. The maximum Gasteiger partial charge on any atom is 0.303 e. The predicted molar refractivity (Wildman–Crippen MR) is 58.9 cm³/mol. The number of aliphatic hydroxyl groups is 1. The molecule has 2 N–H and O–H groups in total. The number of hydrogen-bond acceptors (Lipinski definition) is 3. The van der Waals surface area contributed by atoms with E-state index in [-0.39, 0.29) is 74.0 Å². The summed E-state index contributed by atoms with van der Waals surface area (Å²) in [5.41, 5.74) is 0. The standard InChI is InChI=1S/C12H20O4.Ac/c1-7(4-6-10(13)14)9-5-3-8(2)11(15)12(9)16;/h7-9,11,15H,3-6H2,1-2H3,(H,13,14);. The van der Waals surface area contributed by atoms with E-state index in [2.05, 4.69) is 0 Å². The molecule has 1 fully saturated rings. The summed E-state index contributed by atoms with van der Waals surface area (Å²) in [5, 5.41) is 18.3. The van der Waals surface area contributed by atoms with Gasteiger partial charge in [0.2, 0.25) is 0 Å². The van der Waals surface area contributed by atoms with E-state index in [0.29, 0.717) is 6.42 Å². The van der Waals surface area contributed by atoms with Gasteiger partial charge in [0.1, 0.15) is 6.10 Å². The molecule has 0 aromatic rings. The molecule has 0 amide bonds. The molecule has 95 valence electrons. The van der Waals surface area contributed by atoms with Crippen molar-refractivity contribution in [1.29, 1.82) is 0 Å². The van der Waals surface area contributed by atoms with Crippen molar-refractivity contribution >= 4 is 11.8 Å². The van der Waals surface area contributed by atoms with E-state index in [4.69, 9.17) is 5.11 Å². The quantitative estimate of drug-likeness (QED) is 0.674. The topological polar surface area (TPSA) is 74.6 Å². The summed E-state index contributed by atoms with van der Waals surface area (Å²) in [6.07, 6.45) is 1.36. The molecule has 0 spiro atoms. The van der Waals surface area contributed by atoms with Crippen LogP contribution in [0.3, 0.4) is 0 Å². The molecule has 0 aromatic carbocycles. The van der Waals surface area contributed by atoms with Gasteiger partial charge in [0, 0.05) is 56.4 Å². The van der Waals surface area contributed by atoms with Crippen molar-refractivity contribution in [3.05, 3.63) is 0 Å². The van der Waals surface area contributed by atoms with Crippen molar-refractivity contribution in [1.82, 2.24) is 0 Å². The van der Waals surface area contributed by atoms with Crippen molar-refractivity contribution in [2.45, 2.75) is 45.6 Å². The summed E-state index contributed by atoms with van der Waals surface area (Å²) >= 11 is 0. The van der Waals surface area contributed by atoms with Crippen LogP contribution in [-0.4, -0.2) is 28.1 Å². The molecule has 0 aromatic heterocycles. The van der Waals surface area contributed by atoms with Gasteiger partial charge in [-0.1, -0.05) is 13.8 Å². The summed E-state index contributed by atoms with van der Waals surface area (Å²) in [6.45, 7) is 3.77.